The number of ether oxygens (including phenoxy) is 2. The van der Waals surface area contributed by atoms with Gasteiger partial charge in [0, 0.05) is 25.2 Å². The summed E-state index contributed by atoms with van der Waals surface area (Å²) < 4.78 is 10.7. The predicted molar refractivity (Wildman–Crippen MR) is 73.3 cm³/mol. The number of hydrogen-bond donors (Lipinski definition) is 1. The van der Waals surface area contributed by atoms with Gasteiger partial charge in [-0.05, 0) is 20.3 Å². The molecule has 0 aromatic rings. The number of carbonyl (C=O) groups is 2. The largest absolute Gasteiger partial charge is 0.462 e. The molecule has 3 saturated heterocycles. The monoisotopic (exact) mass is 295 g/mol. The maximum atomic E-state index is 11.8. The molecule has 0 aromatic heterocycles. The van der Waals surface area contributed by atoms with Gasteiger partial charge in [0.05, 0.1) is 17.9 Å². The molecule has 4 atom stereocenters. The van der Waals surface area contributed by atoms with Gasteiger partial charge in [-0.1, -0.05) is 5.57 Å². The van der Waals surface area contributed by atoms with Crippen LogP contribution in [0.3, 0.4) is 0 Å². The summed E-state index contributed by atoms with van der Waals surface area (Å²) in [6, 6.07) is -0.159. The number of aliphatic hydroxyl groups is 1. The molecule has 3 aliphatic heterocycles. The molecule has 0 aromatic carbocycles. The highest BCUT2D eigenvalue weighted by molar-refractivity contribution is 5.82. The molecule has 0 aliphatic carbocycles. The van der Waals surface area contributed by atoms with Crippen LogP contribution in [-0.2, 0) is 19.1 Å². The van der Waals surface area contributed by atoms with Crippen LogP contribution in [-0.4, -0.2) is 59.9 Å². The van der Waals surface area contributed by atoms with Crippen LogP contribution in [0.2, 0.25) is 0 Å². The number of esters is 2. The summed E-state index contributed by atoms with van der Waals surface area (Å²) >= 11 is 0. The van der Waals surface area contributed by atoms with Gasteiger partial charge < -0.3 is 14.6 Å². The topological polar surface area (TPSA) is 76.1 Å². The maximum Gasteiger partial charge on any atom is 0.330 e. The summed E-state index contributed by atoms with van der Waals surface area (Å²) in [7, 11) is 0. The standard InChI is InChI=1S/C15H21NO5/c1-9(2)5-12(18)20-8-15-6-13(19)21-11(15)7-16-4-3-10(17)14(15)16/h5,10-11,14,17H,3-4,6-8H2,1-2H3. The minimum absolute atomic E-state index is 0.115. The summed E-state index contributed by atoms with van der Waals surface area (Å²) in [4.78, 5) is 25.6. The number of allylic oxidation sites excluding steroid dienone is 1. The Labute approximate surface area is 123 Å². The van der Waals surface area contributed by atoms with Gasteiger partial charge in [-0.15, -0.1) is 0 Å². The van der Waals surface area contributed by atoms with Crippen LogP contribution in [0.25, 0.3) is 0 Å². The Morgan fingerprint density at radius 2 is 2.33 bits per heavy atom. The van der Waals surface area contributed by atoms with Gasteiger partial charge in [0.2, 0.25) is 0 Å². The molecule has 4 unspecified atom stereocenters. The molecule has 3 aliphatic rings. The first-order valence-electron chi connectivity index (χ1n) is 7.35. The van der Waals surface area contributed by atoms with Crippen molar-refractivity contribution in [3.63, 3.8) is 0 Å². The third kappa shape index (κ3) is 2.36. The summed E-state index contributed by atoms with van der Waals surface area (Å²) in [6.45, 7) is 5.17. The zero-order chi connectivity index (χ0) is 15.2. The molecular weight excluding hydrogens is 274 g/mol. The van der Waals surface area contributed by atoms with Gasteiger partial charge in [-0.2, -0.15) is 0 Å². The second kappa shape index (κ2) is 5.10. The van der Waals surface area contributed by atoms with Crippen molar-refractivity contribution in [2.45, 2.75) is 44.9 Å². The van der Waals surface area contributed by atoms with Crippen LogP contribution < -0.4 is 0 Å². The molecule has 116 valence electrons. The lowest BCUT2D eigenvalue weighted by Crippen LogP contribution is -2.47. The van der Waals surface area contributed by atoms with Crippen molar-refractivity contribution in [1.29, 1.82) is 0 Å². The van der Waals surface area contributed by atoms with Gasteiger partial charge in [-0.25, -0.2) is 4.79 Å². The zero-order valence-corrected chi connectivity index (χ0v) is 12.4. The number of fused-ring (bicyclic) bond motifs is 3. The number of hydrogen-bond acceptors (Lipinski definition) is 6. The molecule has 0 bridgehead atoms. The van der Waals surface area contributed by atoms with E-state index in [0.29, 0.717) is 13.0 Å². The highest BCUT2D eigenvalue weighted by Gasteiger charge is 2.65. The molecule has 0 radical (unpaired) electrons. The third-order valence-electron chi connectivity index (χ3n) is 4.74. The van der Waals surface area contributed by atoms with Crippen LogP contribution in [0, 0.1) is 5.41 Å². The van der Waals surface area contributed by atoms with E-state index in [-0.39, 0.29) is 31.1 Å². The Kier molecular flexibility index (Phi) is 3.53. The fourth-order valence-electron chi connectivity index (χ4n) is 3.93. The summed E-state index contributed by atoms with van der Waals surface area (Å²) in [5.41, 5.74) is 0.264. The number of aliphatic hydroxyl groups excluding tert-OH is 1. The Hall–Kier alpha value is -1.40. The minimum Gasteiger partial charge on any atom is -0.462 e. The van der Waals surface area contributed by atoms with Crippen LogP contribution in [0.5, 0.6) is 0 Å². The molecule has 0 saturated carbocycles. The predicted octanol–water partition coefficient (Wildman–Crippen LogP) is 0.246. The Bertz CT molecular complexity index is 498. The molecule has 1 N–H and O–H groups in total. The lowest BCUT2D eigenvalue weighted by Gasteiger charge is -2.33. The Morgan fingerprint density at radius 3 is 3.05 bits per heavy atom. The van der Waals surface area contributed by atoms with Crippen LogP contribution in [0.1, 0.15) is 26.7 Å². The normalized spacial score (nSPS) is 37.9. The summed E-state index contributed by atoms with van der Waals surface area (Å²) in [6.07, 6.45) is 1.55. The Balaban J connectivity index is 1.79. The molecule has 6 heteroatoms. The van der Waals surface area contributed by atoms with Gasteiger partial charge in [-0.3, -0.25) is 9.69 Å². The van der Waals surface area contributed by atoms with Crippen LogP contribution >= 0.6 is 0 Å². The smallest absolute Gasteiger partial charge is 0.330 e. The first kappa shape index (κ1) is 14.5. The van der Waals surface area contributed by atoms with Crippen molar-refractivity contribution in [1.82, 2.24) is 4.90 Å². The second-order valence-corrected chi connectivity index (χ2v) is 6.51. The first-order valence-corrected chi connectivity index (χ1v) is 7.35. The fraction of sp³-hybridized carbons (Fsp3) is 0.733. The van der Waals surface area contributed by atoms with Crippen molar-refractivity contribution in [2.24, 2.45) is 5.41 Å². The lowest BCUT2D eigenvalue weighted by atomic mass is 9.76. The van der Waals surface area contributed by atoms with Crippen LogP contribution in [0.4, 0.5) is 0 Å². The van der Waals surface area contributed by atoms with E-state index in [2.05, 4.69) is 4.90 Å². The van der Waals surface area contributed by atoms with Crippen molar-refractivity contribution in [2.75, 3.05) is 19.7 Å². The quantitative estimate of drug-likeness (QED) is 0.594. The van der Waals surface area contributed by atoms with Crippen molar-refractivity contribution in [3.05, 3.63) is 11.6 Å². The van der Waals surface area contributed by atoms with Gasteiger partial charge in [0.1, 0.15) is 12.7 Å². The van der Waals surface area contributed by atoms with Crippen molar-refractivity contribution in [3.8, 4) is 0 Å². The highest BCUT2D eigenvalue weighted by Crippen LogP contribution is 2.50. The average Bonchev–Trinajstić information content (AvgIpc) is 2.96. The van der Waals surface area contributed by atoms with Gasteiger partial charge >= 0.3 is 11.9 Å². The molecule has 21 heavy (non-hydrogen) atoms. The van der Waals surface area contributed by atoms with Crippen molar-refractivity contribution >= 4 is 11.9 Å². The first-order chi connectivity index (χ1) is 9.92. The second-order valence-electron chi connectivity index (χ2n) is 6.51. The molecule has 0 spiro atoms. The van der Waals surface area contributed by atoms with E-state index in [1.54, 1.807) is 0 Å². The Morgan fingerprint density at radius 1 is 1.57 bits per heavy atom. The third-order valence-corrected chi connectivity index (χ3v) is 4.74. The minimum atomic E-state index is -0.599. The number of rotatable bonds is 3. The lowest BCUT2D eigenvalue weighted by molar-refractivity contribution is -0.143. The highest BCUT2D eigenvalue weighted by atomic mass is 16.6. The molecular formula is C15H21NO5. The molecule has 3 rings (SSSR count). The fourth-order valence-corrected chi connectivity index (χ4v) is 3.93. The van der Waals surface area contributed by atoms with E-state index < -0.39 is 17.5 Å². The summed E-state index contributed by atoms with van der Waals surface area (Å²) in [5.74, 6) is -0.676. The van der Waals surface area contributed by atoms with E-state index in [4.69, 9.17) is 9.47 Å². The van der Waals surface area contributed by atoms with E-state index in [0.717, 1.165) is 12.1 Å². The van der Waals surface area contributed by atoms with E-state index in [1.165, 1.54) is 6.08 Å². The maximum absolute atomic E-state index is 11.8. The number of nitrogens with zero attached hydrogens (tertiary/aromatic N) is 1. The zero-order valence-electron chi connectivity index (χ0n) is 12.4. The molecule has 3 heterocycles. The number of carbonyl (C=O) groups excluding carboxylic acids is 2. The average molecular weight is 295 g/mol. The molecule has 3 fully saturated rings. The van der Waals surface area contributed by atoms with Gasteiger partial charge in [0.25, 0.3) is 0 Å². The van der Waals surface area contributed by atoms with E-state index >= 15 is 0 Å². The molecule has 0 amide bonds. The molecule has 6 nitrogen and oxygen atoms in total. The van der Waals surface area contributed by atoms with Crippen LogP contribution in [0.15, 0.2) is 11.6 Å². The van der Waals surface area contributed by atoms with Gasteiger partial charge in [0.15, 0.2) is 0 Å². The van der Waals surface area contributed by atoms with E-state index in [1.807, 2.05) is 13.8 Å². The summed E-state index contributed by atoms with van der Waals surface area (Å²) in [5, 5.41) is 10.2. The van der Waals surface area contributed by atoms with E-state index in [9.17, 15) is 14.7 Å². The van der Waals surface area contributed by atoms with Crippen molar-refractivity contribution < 1.29 is 24.2 Å². The SMILES string of the molecule is CC(C)=CC(=O)OCC12CC(=O)OC1CN1CCC(O)C12.